The average molecular weight is 230 g/mol. The maximum atomic E-state index is 5.39. The van der Waals surface area contributed by atoms with Gasteiger partial charge in [0.1, 0.15) is 0 Å². The fourth-order valence-electron chi connectivity index (χ4n) is 2.26. The molecule has 1 rings (SSSR count). The van der Waals surface area contributed by atoms with Crippen molar-refractivity contribution in [1.82, 2.24) is 10.2 Å². The van der Waals surface area contributed by atoms with E-state index in [9.17, 15) is 0 Å². The van der Waals surface area contributed by atoms with Gasteiger partial charge in [0, 0.05) is 27.3 Å². The molecule has 1 fully saturated rings. The summed E-state index contributed by atoms with van der Waals surface area (Å²) in [5.41, 5.74) is 0. The summed E-state index contributed by atoms with van der Waals surface area (Å²) in [5, 5.41) is 3.42. The van der Waals surface area contributed by atoms with E-state index in [1.54, 1.807) is 14.2 Å². The molecule has 16 heavy (non-hydrogen) atoms. The summed E-state index contributed by atoms with van der Waals surface area (Å²) in [6.07, 6.45) is 1.51. The third-order valence-electron chi connectivity index (χ3n) is 3.20. The molecule has 1 N–H and O–H groups in total. The molecule has 2 atom stereocenters. The molecule has 2 unspecified atom stereocenters. The first-order valence-electron chi connectivity index (χ1n) is 6.25. The average Bonchev–Trinajstić information content (AvgIpc) is 2.73. The molecule has 0 amide bonds. The number of hydrogen-bond acceptors (Lipinski definition) is 4. The van der Waals surface area contributed by atoms with Gasteiger partial charge in [0.25, 0.3) is 0 Å². The lowest BCUT2D eigenvalue weighted by molar-refractivity contribution is 0.00950. The summed E-state index contributed by atoms with van der Waals surface area (Å²) < 4.78 is 10.5. The Balaban J connectivity index is 2.19. The van der Waals surface area contributed by atoms with Crippen molar-refractivity contribution in [3.63, 3.8) is 0 Å². The van der Waals surface area contributed by atoms with E-state index < -0.39 is 0 Å². The predicted molar refractivity (Wildman–Crippen MR) is 65.8 cm³/mol. The van der Waals surface area contributed by atoms with Crippen LogP contribution in [-0.4, -0.2) is 64.6 Å². The molecule has 1 aliphatic heterocycles. The molecule has 4 heteroatoms. The zero-order chi connectivity index (χ0) is 11.8. The van der Waals surface area contributed by atoms with Crippen LogP contribution in [0.25, 0.3) is 0 Å². The molecule has 96 valence electrons. The van der Waals surface area contributed by atoms with Crippen LogP contribution in [0.3, 0.4) is 0 Å². The van der Waals surface area contributed by atoms with Gasteiger partial charge in [0.05, 0.1) is 12.7 Å². The Labute approximate surface area is 99.3 Å². The fraction of sp³-hybridized carbons (Fsp3) is 1.00. The lowest BCUT2D eigenvalue weighted by atomic mass is 10.1. The van der Waals surface area contributed by atoms with E-state index in [2.05, 4.69) is 17.1 Å². The molecule has 0 aromatic carbocycles. The quantitative estimate of drug-likeness (QED) is 0.661. The Morgan fingerprint density at radius 1 is 1.44 bits per heavy atom. The number of methoxy groups -OCH3 is 2. The number of nitrogens with zero attached hydrogens (tertiary/aromatic N) is 1. The number of rotatable bonds is 8. The number of hydrogen-bond donors (Lipinski definition) is 1. The van der Waals surface area contributed by atoms with Gasteiger partial charge in [-0.3, -0.25) is 0 Å². The van der Waals surface area contributed by atoms with Crippen LogP contribution in [0.1, 0.15) is 13.3 Å². The van der Waals surface area contributed by atoms with Gasteiger partial charge in [0.15, 0.2) is 0 Å². The standard InChI is InChI=1S/C12H26N2O2/c1-4-13-7-11-5-6-14(8-11)9-12(16-3)10-15-2/h11-13H,4-10H2,1-3H3. The topological polar surface area (TPSA) is 33.7 Å². The first-order valence-corrected chi connectivity index (χ1v) is 6.25. The van der Waals surface area contributed by atoms with Crippen LogP contribution in [0.2, 0.25) is 0 Å². The van der Waals surface area contributed by atoms with Gasteiger partial charge in [-0.05, 0) is 32.0 Å². The summed E-state index contributed by atoms with van der Waals surface area (Å²) in [7, 11) is 3.49. The molecule has 0 aliphatic carbocycles. The Morgan fingerprint density at radius 2 is 2.25 bits per heavy atom. The van der Waals surface area contributed by atoms with E-state index in [1.165, 1.54) is 19.5 Å². The lowest BCUT2D eigenvalue weighted by Gasteiger charge is -2.22. The normalized spacial score (nSPS) is 23.8. The summed E-state index contributed by atoms with van der Waals surface area (Å²) in [6.45, 7) is 8.44. The van der Waals surface area contributed by atoms with E-state index in [0.717, 1.165) is 25.6 Å². The van der Waals surface area contributed by atoms with E-state index >= 15 is 0 Å². The maximum absolute atomic E-state index is 5.39. The second kappa shape index (κ2) is 8.01. The smallest absolute Gasteiger partial charge is 0.0931 e. The van der Waals surface area contributed by atoms with Crippen molar-refractivity contribution in [1.29, 1.82) is 0 Å². The van der Waals surface area contributed by atoms with Gasteiger partial charge in [-0.1, -0.05) is 6.92 Å². The second-order valence-electron chi connectivity index (χ2n) is 4.54. The summed E-state index contributed by atoms with van der Waals surface area (Å²) in [6, 6.07) is 0. The molecular formula is C12H26N2O2. The van der Waals surface area contributed by atoms with Crippen LogP contribution in [0.4, 0.5) is 0 Å². The van der Waals surface area contributed by atoms with Crippen LogP contribution < -0.4 is 5.32 Å². The van der Waals surface area contributed by atoms with E-state index in [4.69, 9.17) is 9.47 Å². The Morgan fingerprint density at radius 3 is 2.88 bits per heavy atom. The minimum atomic E-state index is 0.211. The minimum Gasteiger partial charge on any atom is -0.382 e. The Bertz CT molecular complexity index is 178. The molecule has 0 aromatic heterocycles. The summed E-state index contributed by atoms with van der Waals surface area (Å²) in [4.78, 5) is 2.48. The van der Waals surface area contributed by atoms with E-state index in [0.29, 0.717) is 6.61 Å². The number of nitrogens with one attached hydrogen (secondary N) is 1. The largest absolute Gasteiger partial charge is 0.382 e. The lowest BCUT2D eigenvalue weighted by Crippen LogP contribution is -2.35. The van der Waals surface area contributed by atoms with Crippen molar-refractivity contribution in [3.05, 3.63) is 0 Å². The zero-order valence-electron chi connectivity index (χ0n) is 10.9. The summed E-state index contributed by atoms with van der Waals surface area (Å²) in [5.74, 6) is 0.806. The van der Waals surface area contributed by atoms with Crippen molar-refractivity contribution in [3.8, 4) is 0 Å². The first kappa shape index (κ1) is 13.9. The van der Waals surface area contributed by atoms with Crippen LogP contribution in [0, 0.1) is 5.92 Å². The van der Waals surface area contributed by atoms with Crippen LogP contribution in [0.15, 0.2) is 0 Å². The van der Waals surface area contributed by atoms with Gasteiger partial charge in [-0.25, -0.2) is 0 Å². The SMILES string of the molecule is CCNCC1CCN(CC(COC)OC)C1. The molecule has 1 aliphatic rings. The third kappa shape index (κ3) is 4.78. The minimum absolute atomic E-state index is 0.211. The van der Waals surface area contributed by atoms with Gasteiger partial charge >= 0.3 is 0 Å². The molecule has 4 nitrogen and oxygen atoms in total. The predicted octanol–water partition coefficient (Wildman–Crippen LogP) is 0.579. The van der Waals surface area contributed by atoms with Gasteiger partial charge in [0.2, 0.25) is 0 Å². The highest BCUT2D eigenvalue weighted by atomic mass is 16.5. The fourth-order valence-corrected chi connectivity index (χ4v) is 2.26. The monoisotopic (exact) mass is 230 g/mol. The van der Waals surface area contributed by atoms with Crippen molar-refractivity contribution >= 4 is 0 Å². The number of likely N-dealkylation sites (tertiary alicyclic amines) is 1. The van der Waals surface area contributed by atoms with Gasteiger partial charge in [-0.2, -0.15) is 0 Å². The highest BCUT2D eigenvalue weighted by Gasteiger charge is 2.24. The van der Waals surface area contributed by atoms with Gasteiger partial charge in [-0.15, -0.1) is 0 Å². The van der Waals surface area contributed by atoms with Crippen LogP contribution in [0.5, 0.6) is 0 Å². The molecule has 0 bridgehead atoms. The zero-order valence-corrected chi connectivity index (χ0v) is 10.9. The molecule has 0 radical (unpaired) electrons. The molecular weight excluding hydrogens is 204 g/mol. The van der Waals surface area contributed by atoms with Gasteiger partial charge < -0.3 is 19.7 Å². The molecule has 0 aromatic rings. The van der Waals surface area contributed by atoms with E-state index in [-0.39, 0.29) is 6.10 Å². The molecule has 1 heterocycles. The van der Waals surface area contributed by atoms with Crippen molar-refractivity contribution in [2.75, 3.05) is 53.6 Å². The highest BCUT2D eigenvalue weighted by Crippen LogP contribution is 2.15. The molecule has 0 saturated carbocycles. The third-order valence-corrected chi connectivity index (χ3v) is 3.20. The first-order chi connectivity index (χ1) is 7.80. The highest BCUT2D eigenvalue weighted by molar-refractivity contribution is 4.78. The van der Waals surface area contributed by atoms with Crippen molar-refractivity contribution in [2.24, 2.45) is 5.92 Å². The van der Waals surface area contributed by atoms with Crippen LogP contribution in [-0.2, 0) is 9.47 Å². The number of ether oxygens (including phenoxy) is 2. The maximum Gasteiger partial charge on any atom is 0.0931 e. The summed E-state index contributed by atoms with van der Waals surface area (Å²) >= 11 is 0. The van der Waals surface area contributed by atoms with Crippen molar-refractivity contribution < 1.29 is 9.47 Å². The van der Waals surface area contributed by atoms with Crippen molar-refractivity contribution in [2.45, 2.75) is 19.4 Å². The van der Waals surface area contributed by atoms with E-state index in [1.807, 2.05) is 0 Å². The van der Waals surface area contributed by atoms with Crippen LogP contribution >= 0.6 is 0 Å². The second-order valence-corrected chi connectivity index (χ2v) is 4.54. The molecule has 0 spiro atoms. The Hall–Kier alpha value is -0.160. The molecule has 1 saturated heterocycles. The Kier molecular flexibility index (Phi) is 6.96.